The van der Waals surface area contributed by atoms with Gasteiger partial charge in [0.25, 0.3) is 0 Å². The smallest absolute Gasteiger partial charge is 0.00151 e. The molecule has 1 heterocycles. The highest BCUT2D eigenvalue weighted by Gasteiger charge is 2.31. The van der Waals surface area contributed by atoms with E-state index < -0.39 is 0 Å². The van der Waals surface area contributed by atoms with Crippen molar-refractivity contribution in [2.75, 3.05) is 26.2 Å². The molecule has 0 aromatic heterocycles. The van der Waals surface area contributed by atoms with E-state index in [0.29, 0.717) is 5.41 Å². The molecule has 0 aliphatic carbocycles. The summed E-state index contributed by atoms with van der Waals surface area (Å²) in [6, 6.07) is 0. The van der Waals surface area contributed by atoms with Crippen LogP contribution in [0.1, 0.15) is 59.8 Å². The minimum absolute atomic E-state index is 0.486. The van der Waals surface area contributed by atoms with Gasteiger partial charge in [0.2, 0.25) is 0 Å². The lowest BCUT2D eigenvalue weighted by atomic mass is 9.80. The second-order valence-electron chi connectivity index (χ2n) is 7.15. The van der Waals surface area contributed by atoms with E-state index in [1.807, 2.05) is 0 Å². The maximum atomic E-state index is 5.65. The molecular weight excluding hydrogens is 220 g/mol. The fourth-order valence-corrected chi connectivity index (χ4v) is 3.13. The highest BCUT2D eigenvalue weighted by atomic mass is 15.1. The first kappa shape index (κ1) is 16.0. The molecule has 0 spiro atoms. The summed E-state index contributed by atoms with van der Waals surface area (Å²) in [5.74, 6) is 1.75. The third-order valence-electron chi connectivity index (χ3n) is 4.74. The first-order valence-electron chi connectivity index (χ1n) is 7.89. The van der Waals surface area contributed by atoms with Crippen LogP contribution in [0.4, 0.5) is 0 Å². The fourth-order valence-electron chi connectivity index (χ4n) is 3.13. The van der Waals surface area contributed by atoms with Gasteiger partial charge in [-0.1, -0.05) is 34.1 Å². The summed E-state index contributed by atoms with van der Waals surface area (Å²) >= 11 is 0. The molecule has 2 nitrogen and oxygen atoms in total. The van der Waals surface area contributed by atoms with E-state index in [0.717, 1.165) is 18.4 Å². The van der Waals surface area contributed by atoms with Crippen LogP contribution in [0.25, 0.3) is 0 Å². The first-order valence-corrected chi connectivity index (χ1v) is 7.89. The molecule has 0 saturated carbocycles. The Balaban J connectivity index is 2.18. The van der Waals surface area contributed by atoms with Crippen LogP contribution in [0, 0.1) is 17.3 Å². The Morgan fingerprint density at radius 3 is 2.50 bits per heavy atom. The second kappa shape index (κ2) is 7.49. The molecule has 1 saturated heterocycles. The van der Waals surface area contributed by atoms with Crippen molar-refractivity contribution >= 4 is 0 Å². The maximum absolute atomic E-state index is 5.65. The quantitative estimate of drug-likeness (QED) is 0.753. The zero-order valence-electron chi connectivity index (χ0n) is 13.0. The van der Waals surface area contributed by atoms with Crippen molar-refractivity contribution in [1.29, 1.82) is 0 Å². The largest absolute Gasteiger partial charge is 0.330 e. The van der Waals surface area contributed by atoms with Crippen LogP contribution in [-0.2, 0) is 0 Å². The molecule has 1 fully saturated rings. The Morgan fingerprint density at radius 1 is 1.28 bits per heavy atom. The molecule has 0 aromatic rings. The van der Waals surface area contributed by atoms with Gasteiger partial charge in [0, 0.05) is 6.54 Å². The topological polar surface area (TPSA) is 29.3 Å². The fraction of sp³-hybridized carbons (Fsp3) is 1.00. The van der Waals surface area contributed by atoms with Crippen LogP contribution in [0.15, 0.2) is 0 Å². The number of likely N-dealkylation sites (tertiary alicyclic amines) is 1. The van der Waals surface area contributed by atoms with Crippen LogP contribution in [0.5, 0.6) is 0 Å². The molecule has 2 atom stereocenters. The van der Waals surface area contributed by atoms with Crippen molar-refractivity contribution in [3.05, 3.63) is 0 Å². The van der Waals surface area contributed by atoms with E-state index in [4.69, 9.17) is 5.73 Å². The lowest BCUT2D eigenvalue weighted by Crippen LogP contribution is -2.27. The predicted octanol–water partition coefficient (Wildman–Crippen LogP) is 3.51. The van der Waals surface area contributed by atoms with Gasteiger partial charge < -0.3 is 10.6 Å². The molecule has 2 N–H and O–H groups in total. The van der Waals surface area contributed by atoms with Crippen LogP contribution >= 0.6 is 0 Å². The summed E-state index contributed by atoms with van der Waals surface area (Å²) in [5, 5.41) is 0. The standard InChI is InChI=1S/C16H34N2/c1-5-14(8-10-17)7-6-11-18-12-9-15(13-18)16(2,3)4/h14-15H,5-13,17H2,1-4H3. The average molecular weight is 254 g/mol. The molecule has 1 rings (SSSR count). The van der Waals surface area contributed by atoms with E-state index in [1.165, 1.54) is 51.7 Å². The van der Waals surface area contributed by atoms with E-state index in [1.54, 1.807) is 0 Å². The molecule has 0 amide bonds. The summed E-state index contributed by atoms with van der Waals surface area (Å²) < 4.78 is 0. The summed E-state index contributed by atoms with van der Waals surface area (Å²) in [6.07, 6.45) is 6.62. The zero-order valence-corrected chi connectivity index (χ0v) is 13.0. The summed E-state index contributed by atoms with van der Waals surface area (Å²) in [5.41, 5.74) is 6.14. The molecule has 0 aromatic carbocycles. The van der Waals surface area contributed by atoms with Gasteiger partial charge in [-0.15, -0.1) is 0 Å². The first-order chi connectivity index (χ1) is 8.47. The number of rotatable bonds is 7. The van der Waals surface area contributed by atoms with Crippen molar-refractivity contribution in [1.82, 2.24) is 4.90 Å². The molecule has 1 aliphatic heterocycles. The van der Waals surface area contributed by atoms with Gasteiger partial charge in [0.1, 0.15) is 0 Å². The molecule has 2 heteroatoms. The molecule has 2 unspecified atom stereocenters. The maximum Gasteiger partial charge on any atom is 0.00151 e. The second-order valence-corrected chi connectivity index (χ2v) is 7.15. The molecule has 18 heavy (non-hydrogen) atoms. The normalized spacial score (nSPS) is 23.5. The molecular formula is C16H34N2. The van der Waals surface area contributed by atoms with Crippen molar-refractivity contribution in [3.8, 4) is 0 Å². The Kier molecular flexibility index (Phi) is 6.65. The average Bonchev–Trinajstić information content (AvgIpc) is 2.76. The summed E-state index contributed by atoms with van der Waals surface area (Å²) in [4.78, 5) is 2.67. The SMILES string of the molecule is CCC(CCN)CCCN1CCC(C(C)(C)C)C1. The Hall–Kier alpha value is -0.0800. The summed E-state index contributed by atoms with van der Waals surface area (Å²) in [6.45, 7) is 14.2. The van der Waals surface area contributed by atoms with Gasteiger partial charge in [-0.05, 0) is 62.6 Å². The Morgan fingerprint density at radius 2 is 2.00 bits per heavy atom. The molecule has 0 bridgehead atoms. The predicted molar refractivity (Wildman–Crippen MR) is 80.7 cm³/mol. The van der Waals surface area contributed by atoms with Crippen molar-refractivity contribution in [3.63, 3.8) is 0 Å². The van der Waals surface area contributed by atoms with Gasteiger partial charge in [0.15, 0.2) is 0 Å². The van der Waals surface area contributed by atoms with Crippen LogP contribution in [-0.4, -0.2) is 31.1 Å². The van der Waals surface area contributed by atoms with Gasteiger partial charge >= 0.3 is 0 Å². The highest BCUT2D eigenvalue weighted by Crippen LogP contribution is 2.33. The lowest BCUT2D eigenvalue weighted by Gasteiger charge is -2.27. The van der Waals surface area contributed by atoms with Crippen molar-refractivity contribution in [2.45, 2.75) is 59.8 Å². The summed E-state index contributed by atoms with van der Waals surface area (Å²) in [7, 11) is 0. The highest BCUT2D eigenvalue weighted by molar-refractivity contribution is 4.83. The number of hydrogen-bond acceptors (Lipinski definition) is 2. The van der Waals surface area contributed by atoms with Gasteiger partial charge in [-0.2, -0.15) is 0 Å². The number of hydrogen-bond donors (Lipinski definition) is 1. The lowest BCUT2D eigenvalue weighted by molar-refractivity contribution is 0.225. The number of nitrogens with zero attached hydrogens (tertiary/aromatic N) is 1. The van der Waals surface area contributed by atoms with Crippen molar-refractivity contribution < 1.29 is 0 Å². The van der Waals surface area contributed by atoms with Gasteiger partial charge in [-0.3, -0.25) is 0 Å². The Labute approximate surface area is 114 Å². The van der Waals surface area contributed by atoms with E-state index in [-0.39, 0.29) is 0 Å². The van der Waals surface area contributed by atoms with Crippen LogP contribution < -0.4 is 5.73 Å². The van der Waals surface area contributed by atoms with E-state index in [2.05, 4.69) is 32.6 Å². The molecule has 1 aliphatic rings. The molecule has 0 radical (unpaired) electrons. The minimum Gasteiger partial charge on any atom is -0.330 e. The van der Waals surface area contributed by atoms with Gasteiger partial charge in [0.05, 0.1) is 0 Å². The third kappa shape index (κ3) is 5.27. The Bertz CT molecular complexity index is 220. The third-order valence-corrected chi connectivity index (χ3v) is 4.74. The monoisotopic (exact) mass is 254 g/mol. The molecule has 108 valence electrons. The van der Waals surface area contributed by atoms with Crippen molar-refractivity contribution in [2.24, 2.45) is 23.0 Å². The number of nitrogens with two attached hydrogens (primary N) is 1. The van der Waals surface area contributed by atoms with Gasteiger partial charge in [-0.25, -0.2) is 0 Å². The minimum atomic E-state index is 0.486. The van der Waals surface area contributed by atoms with Crippen LogP contribution in [0.3, 0.4) is 0 Å². The van der Waals surface area contributed by atoms with E-state index in [9.17, 15) is 0 Å². The zero-order chi connectivity index (χ0) is 13.6. The van der Waals surface area contributed by atoms with Crippen LogP contribution in [0.2, 0.25) is 0 Å². The van der Waals surface area contributed by atoms with E-state index >= 15 is 0 Å².